The first-order valence-corrected chi connectivity index (χ1v) is 11.4. The standard InChI is InChI=1S/C26H33N2OS/c1-26(2,3)29-22-14-16-23(17-15-22)30(24-12-8-10-20(18-24)27(4)5)25-13-9-11-21(19-25)28(6)7/h8-19H,1-7H3/q+1. The van der Waals surface area contributed by atoms with Gasteiger partial charge in [0.25, 0.3) is 0 Å². The van der Waals surface area contributed by atoms with Crippen LogP contribution < -0.4 is 14.5 Å². The van der Waals surface area contributed by atoms with Crippen LogP contribution in [0.25, 0.3) is 0 Å². The molecule has 0 N–H and O–H groups in total. The number of hydrogen-bond acceptors (Lipinski definition) is 3. The van der Waals surface area contributed by atoms with Crippen molar-refractivity contribution in [1.82, 2.24) is 0 Å². The second-order valence-electron chi connectivity index (χ2n) is 8.78. The van der Waals surface area contributed by atoms with Crippen LogP contribution >= 0.6 is 0 Å². The molecule has 0 fully saturated rings. The lowest BCUT2D eigenvalue weighted by Crippen LogP contribution is -2.22. The molecule has 4 heteroatoms. The molecule has 0 saturated carbocycles. The van der Waals surface area contributed by atoms with Crippen LogP contribution in [-0.2, 0) is 10.9 Å². The fraction of sp³-hybridized carbons (Fsp3) is 0.308. The third-order valence-corrected chi connectivity index (χ3v) is 6.82. The van der Waals surface area contributed by atoms with Crippen molar-refractivity contribution >= 4 is 22.3 Å². The Morgan fingerprint density at radius 1 is 0.633 bits per heavy atom. The Hall–Kier alpha value is -2.59. The Morgan fingerprint density at radius 3 is 1.50 bits per heavy atom. The van der Waals surface area contributed by atoms with Crippen LogP contribution in [0.2, 0.25) is 0 Å². The van der Waals surface area contributed by atoms with Crippen LogP contribution in [0.4, 0.5) is 11.4 Å². The van der Waals surface area contributed by atoms with E-state index < -0.39 is 0 Å². The van der Waals surface area contributed by atoms with Crippen LogP contribution in [0.15, 0.2) is 87.5 Å². The summed E-state index contributed by atoms with van der Waals surface area (Å²) in [7, 11) is 8.13. The molecule has 3 aromatic carbocycles. The van der Waals surface area contributed by atoms with Crippen molar-refractivity contribution in [2.24, 2.45) is 0 Å². The van der Waals surface area contributed by atoms with Gasteiger partial charge in [-0.25, -0.2) is 0 Å². The van der Waals surface area contributed by atoms with Crippen LogP contribution in [0, 0.1) is 0 Å². The fourth-order valence-corrected chi connectivity index (χ4v) is 5.31. The molecule has 0 aliphatic heterocycles. The average Bonchev–Trinajstić information content (AvgIpc) is 2.69. The first-order chi connectivity index (χ1) is 14.1. The van der Waals surface area contributed by atoms with E-state index in [1.165, 1.54) is 26.1 Å². The van der Waals surface area contributed by atoms with Crippen molar-refractivity contribution in [3.05, 3.63) is 72.8 Å². The number of hydrogen-bond donors (Lipinski definition) is 0. The van der Waals surface area contributed by atoms with Gasteiger partial charge in [0.15, 0.2) is 14.7 Å². The summed E-state index contributed by atoms with van der Waals surface area (Å²) in [6.07, 6.45) is 0. The molecule has 0 heterocycles. The van der Waals surface area contributed by atoms with Crippen molar-refractivity contribution in [2.75, 3.05) is 38.0 Å². The summed E-state index contributed by atoms with van der Waals surface area (Å²) in [6, 6.07) is 26.3. The molecule has 0 amide bonds. The number of anilines is 2. The third-order valence-electron chi connectivity index (χ3n) is 4.62. The van der Waals surface area contributed by atoms with Crippen molar-refractivity contribution in [2.45, 2.75) is 41.1 Å². The van der Waals surface area contributed by atoms with Crippen molar-refractivity contribution in [3.8, 4) is 5.75 Å². The van der Waals surface area contributed by atoms with Gasteiger partial charge in [-0.05, 0) is 69.3 Å². The SMILES string of the molecule is CN(C)c1cccc([S+](c2ccc(OC(C)(C)C)cc2)c2cccc(N(C)C)c2)c1. The molecule has 0 spiro atoms. The van der Waals surface area contributed by atoms with Gasteiger partial charge in [0.05, 0.1) is 10.9 Å². The third kappa shape index (κ3) is 5.51. The van der Waals surface area contributed by atoms with Crippen LogP contribution in [0.3, 0.4) is 0 Å². The van der Waals surface area contributed by atoms with E-state index in [2.05, 4.69) is 132 Å². The van der Waals surface area contributed by atoms with Gasteiger partial charge in [0.2, 0.25) is 0 Å². The van der Waals surface area contributed by atoms with E-state index in [1.54, 1.807) is 0 Å². The topological polar surface area (TPSA) is 15.7 Å². The molecule has 0 unspecified atom stereocenters. The van der Waals surface area contributed by atoms with Gasteiger partial charge in [-0.3, -0.25) is 0 Å². The highest BCUT2D eigenvalue weighted by molar-refractivity contribution is 7.97. The normalized spacial score (nSPS) is 11.5. The summed E-state index contributed by atoms with van der Waals surface area (Å²) in [4.78, 5) is 8.20. The molecule has 0 saturated heterocycles. The Morgan fingerprint density at radius 2 is 1.10 bits per heavy atom. The lowest BCUT2D eigenvalue weighted by atomic mass is 10.2. The van der Waals surface area contributed by atoms with Crippen LogP contribution in [-0.4, -0.2) is 33.8 Å². The first kappa shape index (κ1) is 22.1. The predicted octanol–water partition coefficient (Wildman–Crippen LogP) is 6.09. The highest BCUT2D eigenvalue weighted by Gasteiger charge is 2.30. The Balaban J connectivity index is 2.08. The molecule has 0 aromatic heterocycles. The zero-order valence-corrected chi connectivity index (χ0v) is 20.0. The van der Waals surface area contributed by atoms with Gasteiger partial charge in [-0.2, -0.15) is 0 Å². The van der Waals surface area contributed by atoms with E-state index in [4.69, 9.17) is 4.74 Å². The van der Waals surface area contributed by atoms with E-state index in [-0.39, 0.29) is 16.5 Å². The number of rotatable bonds is 6. The maximum atomic E-state index is 6.04. The molecule has 0 aliphatic carbocycles. The summed E-state index contributed by atoms with van der Waals surface area (Å²) >= 11 is 0. The van der Waals surface area contributed by atoms with Gasteiger partial charge >= 0.3 is 0 Å². The molecule has 0 radical (unpaired) electrons. The molecule has 3 nitrogen and oxygen atoms in total. The summed E-state index contributed by atoms with van der Waals surface area (Å²) in [6.45, 7) is 6.22. The molecular weight excluding hydrogens is 388 g/mol. The van der Waals surface area contributed by atoms with Gasteiger partial charge < -0.3 is 14.5 Å². The van der Waals surface area contributed by atoms with Gasteiger partial charge in [0, 0.05) is 51.7 Å². The van der Waals surface area contributed by atoms with Crippen LogP contribution in [0.1, 0.15) is 20.8 Å². The Kier molecular flexibility index (Phi) is 6.67. The summed E-state index contributed by atoms with van der Waals surface area (Å²) in [5.41, 5.74) is 2.21. The average molecular weight is 422 g/mol. The van der Waals surface area contributed by atoms with E-state index in [1.807, 2.05) is 0 Å². The fourth-order valence-electron chi connectivity index (χ4n) is 3.18. The minimum Gasteiger partial charge on any atom is -0.488 e. The minimum atomic E-state index is -0.209. The van der Waals surface area contributed by atoms with Gasteiger partial charge in [0.1, 0.15) is 11.4 Å². The first-order valence-electron chi connectivity index (χ1n) is 10.2. The Labute approximate surface area is 184 Å². The lowest BCUT2D eigenvalue weighted by Gasteiger charge is -2.21. The number of nitrogens with zero attached hydrogens (tertiary/aromatic N) is 2. The molecular formula is C26H33N2OS+. The molecule has 0 bridgehead atoms. The highest BCUT2D eigenvalue weighted by Crippen LogP contribution is 2.35. The van der Waals surface area contributed by atoms with E-state index >= 15 is 0 Å². The van der Waals surface area contributed by atoms with E-state index in [9.17, 15) is 0 Å². The highest BCUT2D eigenvalue weighted by atomic mass is 32.2. The quantitative estimate of drug-likeness (QED) is 0.448. The monoisotopic (exact) mass is 421 g/mol. The molecule has 158 valence electrons. The van der Waals surface area contributed by atoms with Gasteiger partial charge in [-0.1, -0.05) is 12.1 Å². The lowest BCUT2D eigenvalue weighted by molar-refractivity contribution is 0.131. The van der Waals surface area contributed by atoms with Crippen molar-refractivity contribution < 1.29 is 4.74 Å². The molecule has 30 heavy (non-hydrogen) atoms. The minimum absolute atomic E-state index is 0.205. The van der Waals surface area contributed by atoms with E-state index in [0.717, 1.165) is 5.75 Å². The summed E-state index contributed by atoms with van der Waals surface area (Å²) in [5, 5.41) is 0. The largest absolute Gasteiger partial charge is 0.488 e. The van der Waals surface area contributed by atoms with Crippen LogP contribution in [0.5, 0.6) is 5.75 Å². The molecule has 0 atom stereocenters. The van der Waals surface area contributed by atoms with E-state index in [0.29, 0.717) is 0 Å². The summed E-state index contributed by atoms with van der Waals surface area (Å²) in [5.74, 6) is 0.902. The van der Waals surface area contributed by atoms with Crippen molar-refractivity contribution in [1.29, 1.82) is 0 Å². The zero-order valence-electron chi connectivity index (χ0n) is 19.1. The maximum absolute atomic E-state index is 6.04. The summed E-state index contributed by atoms with van der Waals surface area (Å²) < 4.78 is 6.04. The number of ether oxygens (including phenoxy) is 1. The molecule has 0 aliphatic rings. The smallest absolute Gasteiger partial charge is 0.168 e. The van der Waals surface area contributed by atoms with Gasteiger partial charge in [-0.15, -0.1) is 0 Å². The second-order valence-corrected chi connectivity index (χ2v) is 10.8. The molecule has 3 aromatic rings. The van der Waals surface area contributed by atoms with Crippen molar-refractivity contribution in [3.63, 3.8) is 0 Å². The predicted molar refractivity (Wildman–Crippen MR) is 131 cm³/mol. The maximum Gasteiger partial charge on any atom is 0.168 e. The molecule has 3 rings (SSSR count). The zero-order chi connectivity index (χ0) is 21.9. The number of benzene rings is 3. The Bertz CT molecular complexity index is 923. The second kappa shape index (κ2) is 9.05.